The van der Waals surface area contributed by atoms with Crippen LogP contribution in [0, 0.1) is 6.92 Å². The van der Waals surface area contributed by atoms with Crippen LogP contribution in [0.1, 0.15) is 40.1 Å². The van der Waals surface area contributed by atoms with Gasteiger partial charge < -0.3 is 14.8 Å². The fourth-order valence-corrected chi connectivity index (χ4v) is 3.80. The van der Waals surface area contributed by atoms with Gasteiger partial charge in [0, 0.05) is 23.4 Å². The fraction of sp³-hybridized carbons (Fsp3) is 0.174. The largest absolute Gasteiger partial charge is 0.462 e. The van der Waals surface area contributed by atoms with Crippen LogP contribution in [0.4, 0.5) is 5.00 Å². The monoisotopic (exact) mass is 423 g/mol. The van der Waals surface area contributed by atoms with Gasteiger partial charge in [0.25, 0.3) is 5.91 Å². The van der Waals surface area contributed by atoms with Gasteiger partial charge >= 0.3 is 11.9 Å². The van der Waals surface area contributed by atoms with Gasteiger partial charge in [-0.15, -0.1) is 11.3 Å². The number of thiophene rings is 1. The number of nitrogens with one attached hydrogen (secondary N) is 1. The lowest BCUT2D eigenvalue weighted by Crippen LogP contribution is -2.15. The first-order valence-corrected chi connectivity index (χ1v) is 10.2. The van der Waals surface area contributed by atoms with Gasteiger partial charge in [-0.25, -0.2) is 4.79 Å². The highest BCUT2D eigenvalue weighted by Crippen LogP contribution is 2.36. The normalized spacial score (nSPS) is 10.4. The van der Waals surface area contributed by atoms with Gasteiger partial charge in [-0.2, -0.15) is 0 Å². The van der Waals surface area contributed by atoms with Gasteiger partial charge in [-0.05, 0) is 37.6 Å². The lowest BCUT2D eigenvalue weighted by molar-refractivity contribution is -0.131. The summed E-state index contributed by atoms with van der Waals surface area (Å²) in [6.45, 7) is 5.23. The van der Waals surface area contributed by atoms with Crippen LogP contribution in [-0.4, -0.2) is 24.5 Å². The molecule has 0 aliphatic heterocycles. The molecule has 3 rings (SSSR count). The summed E-state index contributed by atoms with van der Waals surface area (Å²) in [5.74, 6) is -1.13. The van der Waals surface area contributed by atoms with Crippen molar-refractivity contribution in [1.82, 2.24) is 0 Å². The van der Waals surface area contributed by atoms with E-state index in [1.807, 2.05) is 36.6 Å². The Bertz CT molecular complexity index is 1090. The molecule has 2 aromatic carbocycles. The Balaban J connectivity index is 1.94. The second-order valence-corrected chi connectivity index (χ2v) is 7.40. The Morgan fingerprint density at radius 1 is 1.07 bits per heavy atom. The van der Waals surface area contributed by atoms with Crippen LogP contribution in [0.3, 0.4) is 0 Å². The lowest BCUT2D eigenvalue weighted by Gasteiger charge is -2.10. The molecule has 1 N–H and O–H groups in total. The third kappa shape index (κ3) is 4.93. The first-order valence-electron chi connectivity index (χ1n) is 9.34. The van der Waals surface area contributed by atoms with Crippen molar-refractivity contribution in [2.75, 3.05) is 11.9 Å². The van der Waals surface area contributed by atoms with Crippen LogP contribution in [0.15, 0.2) is 53.9 Å². The maximum atomic E-state index is 12.8. The van der Waals surface area contributed by atoms with Crippen LogP contribution in [-0.2, 0) is 9.53 Å². The van der Waals surface area contributed by atoms with E-state index in [4.69, 9.17) is 9.47 Å². The number of benzene rings is 2. The van der Waals surface area contributed by atoms with Crippen molar-refractivity contribution in [3.8, 4) is 16.9 Å². The quantitative estimate of drug-likeness (QED) is 0.442. The van der Waals surface area contributed by atoms with Crippen LogP contribution in [0.5, 0.6) is 5.75 Å². The Hall–Kier alpha value is -3.45. The number of esters is 2. The number of carbonyl (C=O) groups excluding carboxylic acids is 3. The van der Waals surface area contributed by atoms with Gasteiger partial charge in [0.05, 0.1) is 6.61 Å². The molecule has 7 heteroatoms. The molecule has 0 spiro atoms. The van der Waals surface area contributed by atoms with E-state index in [1.54, 1.807) is 25.1 Å². The molecule has 0 radical (unpaired) electrons. The Labute approximate surface area is 178 Å². The number of aryl methyl sites for hydroxylation is 1. The molecular formula is C23H21NO5S. The van der Waals surface area contributed by atoms with E-state index < -0.39 is 17.8 Å². The van der Waals surface area contributed by atoms with E-state index in [-0.39, 0.29) is 12.4 Å². The zero-order chi connectivity index (χ0) is 21.7. The van der Waals surface area contributed by atoms with E-state index in [2.05, 4.69) is 5.32 Å². The van der Waals surface area contributed by atoms with Crippen LogP contribution >= 0.6 is 11.3 Å². The van der Waals surface area contributed by atoms with E-state index in [9.17, 15) is 14.4 Å². The average Bonchev–Trinajstić information content (AvgIpc) is 3.12. The molecule has 0 aliphatic carbocycles. The highest BCUT2D eigenvalue weighted by atomic mass is 32.1. The zero-order valence-corrected chi connectivity index (χ0v) is 17.7. The van der Waals surface area contributed by atoms with Gasteiger partial charge in [0.2, 0.25) is 0 Å². The molecule has 3 aromatic rings. The predicted molar refractivity (Wildman–Crippen MR) is 116 cm³/mol. The van der Waals surface area contributed by atoms with Crippen molar-refractivity contribution >= 4 is 34.2 Å². The minimum Gasteiger partial charge on any atom is -0.462 e. The topological polar surface area (TPSA) is 81.7 Å². The molecule has 1 heterocycles. The minimum atomic E-state index is -0.502. The molecule has 0 atom stereocenters. The number of ether oxygens (including phenoxy) is 2. The molecule has 30 heavy (non-hydrogen) atoms. The van der Waals surface area contributed by atoms with Crippen molar-refractivity contribution in [1.29, 1.82) is 0 Å². The molecule has 154 valence electrons. The summed E-state index contributed by atoms with van der Waals surface area (Å²) in [4.78, 5) is 36.6. The Morgan fingerprint density at radius 3 is 2.47 bits per heavy atom. The number of hydrogen-bond acceptors (Lipinski definition) is 6. The number of hydrogen-bond donors (Lipinski definition) is 1. The van der Waals surface area contributed by atoms with E-state index in [1.165, 1.54) is 24.3 Å². The summed E-state index contributed by atoms with van der Waals surface area (Å²) >= 11 is 1.25. The summed E-state index contributed by atoms with van der Waals surface area (Å²) in [7, 11) is 0. The fourth-order valence-electron chi connectivity index (χ4n) is 2.84. The van der Waals surface area contributed by atoms with E-state index >= 15 is 0 Å². The van der Waals surface area contributed by atoms with Crippen molar-refractivity contribution < 1.29 is 23.9 Å². The molecule has 0 fully saturated rings. The minimum absolute atomic E-state index is 0.222. The maximum absolute atomic E-state index is 12.8. The molecule has 6 nitrogen and oxygen atoms in total. The predicted octanol–water partition coefficient (Wildman–Crippen LogP) is 5.08. The van der Waals surface area contributed by atoms with Gasteiger partial charge in [-0.3, -0.25) is 9.59 Å². The summed E-state index contributed by atoms with van der Waals surface area (Å²) in [5, 5.41) is 5.00. The second kappa shape index (κ2) is 9.37. The number of rotatable bonds is 6. The maximum Gasteiger partial charge on any atom is 0.341 e. The van der Waals surface area contributed by atoms with Crippen molar-refractivity contribution in [3.63, 3.8) is 0 Å². The summed E-state index contributed by atoms with van der Waals surface area (Å²) in [6, 6.07) is 14.0. The smallest absolute Gasteiger partial charge is 0.341 e. The van der Waals surface area contributed by atoms with Crippen LogP contribution in [0.2, 0.25) is 0 Å². The molecule has 1 aromatic heterocycles. The van der Waals surface area contributed by atoms with Crippen molar-refractivity contribution in [2.45, 2.75) is 20.8 Å². The SMILES string of the molecule is CCOC(=O)c1c(-c2ccc(C)cc2)csc1NC(=O)c1cccc(OC(C)=O)c1. The molecule has 0 saturated heterocycles. The first-order chi connectivity index (χ1) is 14.4. The molecular weight excluding hydrogens is 402 g/mol. The Morgan fingerprint density at radius 2 is 1.80 bits per heavy atom. The average molecular weight is 423 g/mol. The van der Waals surface area contributed by atoms with Gasteiger partial charge in [0.1, 0.15) is 16.3 Å². The van der Waals surface area contributed by atoms with Crippen molar-refractivity contribution in [2.24, 2.45) is 0 Å². The highest BCUT2D eigenvalue weighted by Gasteiger charge is 2.23. The molecule has 1 amide bonds. The standard InChI is InChI=1S/C23H21NO5S/c1-4-28-23(27)20-19(16-10-8-14(2)9-11-16)13-30-22(20)24-21(26)17-6-5-7-18(12-17)29-15(3)25/h5-13H,4H2,1-3H3,(H,24,26). The highest BCUT2D eigenvalue weighted by molar-refractivity contribution is 7.15. The van der Waals surface area contributed by atoms with Crippen LogP contribution < -0.4 is 10.1 Å². The Kier molecular flexibility index (Phi) is 6.64. The summed E-state index contributed by atoms with van der Waals surface area (Å²) < 4.78 is 10.3. The third-order valence-electron chi connectivity index (χ3n) is 4.22. The van der Waals surface area contributed by atoms with E-state index in [0.717, 1.165) is 11.1 Å². The number of amides is 1. The summed E-state index contributed by atoms with van der Waals surface area (Å²) in [5.41, 5.74) is 3.27. The molecule has 0 bridgehead atoms. The molecule has 0 saturated carbocycles. The molecule has 0 unspecified atom stereocenters. The zero-order valence-electron chi connectivity index (χ0n) is 16.9. The molecule has 0 aliphatic rings. The van der Waals surface area contributed by atoms with Gasteiger partial charge in [-0.1, -0.05) is 35.9 Å². The van der Waals surface area contributed by atoms with E-state index in [0.29, 0.717) is 21.7 Å². The third-order valence-corrected chi connectivity index (χ3v) is 5.11. The lowest BCUT2D eigenvalue weighted by atomic mass is 10.0. The first kappa shape index (κ1) is 21.3. The van der Waals surface area contributed by atoms with Crippen molar-refractivity contribution in [3.05, 3.63) is 70.6 Å². The summed E-state index contributed by atoms with van der Waals surface area (Å²) in [6.07, 6.45) is 0. The second-order valence-electron chi connectivity index (χ2n) is 6.52. The number of carbonyl (C=O) groups is 3. The van der Waals surface area contributed by atoms with Gasteiger partial charge in [0.15, 0.2) is 0 Å². The van der Waals surface area contributed by atoms with Crippen LogP contribution in [0.25, 0.3) is 11.1 Å². The number of anilines is 1.